The smallest absolute Gasteiger partial charge is 0.251 e. The summed E-state index contributed by atoms with van der Waals surface area (Å²) in [5.41, 5.74) is 4.31. The number of nitrogens with one attached hydrogen (secondary N) is 1. The lowest BCUT2D eigenvalue weighted by Gasteiger charge is -2.28. The summed E-state index contributed by atoms with van der Waals surface area (Å²) in [7, 11) is 4.15. The minimum absolute atomic E-state index is 0.0528. The topological polar surface area (TPSA) is 64.8 Å². The maximum absolute atomic E-state index is 12.3. The second kappa shape index (κ2) is 8.64. The van der Waals surface area contributed by atoms with E-state index < -0.39 is 5.41 Å². The van der Waals surface area contributed by atoms with Crippen LogP contribution < -0.4 is 5.56 Å². The Bertz CT molecular complexity index is 1370. The Balaban J connectivity index is 1.53. The normalized spacial score (nSPS) is 13.5. The molecule has 32 heavy (non-hydrogen) atoms. The molecule has 1 N–H and O–H groups in total. The van der Waals surface area contributed by atoms with Gasteiger partial charge in [0.1, 0.15) is 0 Å². The number of para-hydroxylation sites is 1. The van der Waals surface area contributed by atoms with E-state index in [1.54, 1.807) is 0 Å². The molecule has 1 unspecified atom stereocenters. The van der Waals surface area contributed by atoms with Crippen LogP contribution in [0, 0.1) is 11.3 Å². The predicted octanol–water partition coefficient (Wildman–Crippen LogP) is 4.54. The lowest BCUT2D eigenvalue weighted by Crippen LogP contribution is -2.37. The Morgan fingerprint density at radius 3 is 2.69 bits per heavy atom. The van der Waals surface area contributed by atoms with Crippen molar-refractivity contribution >= 4 is 21.8 Å². The van der Waals surface area contributed by atoms with Crippen molar-refractivity contribution in [1.82, 2.24) is 14.5 Å². The van der Waals surface area contributed by atoms with Crippen LogP contribution in [0.1, 0.15) is 30.5 Å². The lowest BCUT2D eigenvalue weighted by atomic mass is 9.83. The van der Waals surface area contributed by atoms with E-state index in [-0.39, 0.29) is 5.56 Å². The molecular formula is C27H30N4O. The molecule has 5 heteroatoms. The third-order valence-corrected chi connectivity index (χ3v) is 6.52. The summed E-state index contributed by atoms with van der Waals surface area (Å²) < 4.78 is 2.17. The van der Waals surface area contributed by atoms with Gasteiger partial charge in [0, 0.05) is 48.3 Å². The van der Waals surface area contributed by atoms with Crippen LogP contribution >= 0.6 is 0 Å². The fourth-order valence-electron chi connectivity index (χ4n) is 4.60. The van der Waals surface area contributed by atoms with E-state index in [2.05, 4.69) is 65.1 Å². The van der Waals surface area contributed by atoms with Crippen molar-refractivity contribution in [1.29, 1.82) is 5.26 Å². The van der Waals surface area contributed by atoms with E-state index >= 15 is 0 Å². The van der Waals surface area contributed by atoms with E-state index in [4.69, 9.17) is 0 Å². The number of rotatable bonds is 7. The van der Waals surface area contributed by atoms with Crippen molar-refractivity contribution in [2.75, 3.05) is 20.1 Å². The van der Waals surface area contributed by atoms with Crippen molar-refractivity contribution in [3.05, 3.63) is 81.8 Å². The maximum atomic E-state index is 12.3. The summed E-state index contributed by atoms with van der Waals surface area (Å²) in [5.74, 6) is 0. The fourth-order valence-corrected chi connectivity index (χ4v) is 4.60. The van der Waals surface area contributed by atoms with Gasteiger partial charge in [-0.1, -0.05) is 37.3 Å². The molecule has 0 aliphatic rings. The molecule has 5 nitrogen and oxygen atoms in total. The third-order valence-electron chi connectivity index (χ3n) is 6.52. The van der Waals surface area contributed by atoms with E-state index in [0.717, 1.165) is 35.0 Å². The average molecular weight is 427 g/mol. The second-order valence-corrected chi connectivity index (χ2v) is 8.99. The van der Waals surface area contributed by atoms with Crippen LogP contribution in [0.3, 0.4) is 0 Å². The third kappa shape index (κ3) is 4.06. The van der Waals surface area contributed by atoms with Crippen LogP contribution in [-0.4, -0.2) is 34.6 Å². The number of H-pyrrole nitrogens is 1. The van der Waals surface area contributed by atoms with E-state index in [1.165, 1.54) is 16.5 Å². The van der Waals surface area contributed by atoms with Gasteiger partial charge in [-0.25, -0.2) is 0 Å². The highest BCUT2D eigenvalue weighted by Gasteiger charge is 2.28. The molecule has 2 heterocycles. The number of hydrogen-bond acceptors (Lipinski definition) is 3. The number of fused-ring (bicyclic) bond motifs is 2. The molecule has 4 aromatic rings. The van der Waals surface area contributed by atoms with Crippen LogP contribution in [0.2, 0.25) is 0 Å². The molecule has 0 saturated carbocycles. The van der Waals surface area contributed by atoms with Gasteiger partial charge in [0.25, 0.3) is 5.56 Å². The second-order valence-electron chi connectivity index (χ2n) is 8.99. The van der Waals surface area contributed by atoms with Crippen LogP contribution in [0.4, 0.5) is 0 Å². The molecule has 0 aliphatic heterocycles. The Labute approximate surface area is 188 Å². The van der Waals surface area contributed by atoms with Crippen molar-refractivity contribution in [3.8, 4) is 6.07 Å². The number of likely N-dealkylation sites (N-methyl/N-ethyl adjacent to an activating group) is 1. The van der Waals surface area contributed by atoms with Crippen molar-refractivity contribution in [2.24, 2.45) is 7.05 Å². The number of aromatic nitrogens is 2. The Hall–Kier alpha value is -3.36. The first-order valence-corrected chi connectivity index (χ1v) is 11.1. The molecule has 2 aromatic heterocycles. The molecule has 0 radical (unpaired) electrons. The van der Waals surface area contributed by atoms with E-state index in [1.807, 2.05) is 38.1 Å². The largest absolute Gasteiger partial charge is 0.350 e. The summed E-state index contributed by atoms with van der Waals surface area (Å²) >= 11 is 0. The number of benzene rings is 2. The Morgan fingerprint density at radius 2 is 1.94 bits per heavy atom. The monoisotopic (exact) mass is 426 g/mol. The SMILES string of the molecule is CCc1cc2ccc(C(C)(C#N)CN(C)CCc3cn(C)c4ccccc34)cc2[nH]c1=O. The van der Waals surface area contributed by atoms with Gasteiger partial charge in [0.15, 0.2) is 0 Å². The number of nitriles is 1. The zero-order valence-electron chi connectivity index (χ0n) is 19.3. The standard InChI is InChI=1S/C27H30N4O/c1-5-19-14-20-10-11-22(15-24(20)29-26(19)32)27(2,17-28)18-30(3)13-12-21-16-31(4)25-9-7-6-8-23(21)25/h6-11,14-16H,5,12-13,18H2,1-4H3,(H,29,32). The number of aromatic amines is 1. The van der Waals surface area contributed by atoms with Gasteiger partial charge < -0.3 is 14.5 Å². The van der Waals surface area contributed by atoms with Gasteiger partial charge in [-0.3, -0.25) is 4.79 Å². The highest BCUT2D eigenvalue weighted by molar-refractivity contribution is 5.84. The molecule has 164 valence electrons. The number of hydrogen-bond donors (Lipinski definition) is 1. The quantitative estimate of drug-likeness (QED) is 0.472. The van der Waals surface area contributed by atoms with Crippen LogP contribution in [0.25, 0.3) is 21.8 Å². The van der Waals surface area contributed by atoms with E-state index in [0.29, 0.717) is 13.0 Å². The molecule has 0 saturated heterocycles. The van der Waals surface area contributed by atoms with Crippen molar-refractivity contribution in [2.45, 2.75) is 32.1 Å². The van der Waals surface area contributed by atoms with Gasteiger partial charge in [0.2, 0.25) is 0 Å². The van der Waals surface area contributed by atoms with Crippen LogP contribution in [0.5, 0.6) is 0 Å². The van der Waals surface area contributed by atoms with Crippen molar-refractivity contribution < 1.29 is 0 Å². The number of pyridine rings is 1. The van der Waals surface area contributed by atoms with Crippen LogP contribution in [0.15, 0.2) is 59.5 Å². The molecule has 0 spiro atoms. The zero-order chi connectivity index (χ0) is 22.9. The minimum Gasteiger partial charge on any atom is -0.350 e. The highest BCUT2D eigenvalue weighted by atomic mass is 16.1. The number of nitrogens with zero attached hydrogens (tertiary/aromatic N) is 3. The highest BCUT2D eigenvalue weighted by Crippen LogP contribution is 2.27. The molecule has 0 aliphatic carbocycles. The minimum atomic E-state index is -0.679. The summed E-state index contributed by atoms with van der Waals surface area (Å²) in [5, 5.41) is 12.4. The molecular weight excluding hydrogens is 396 g/mol. The first-order valence-electron chi connectivity index (χ1n) is 11.1. The lowest BCUT2D eigenvalue weighted by molar-refractivity contribution is 0.292. The Morgan fingerprint density at radius 1 is 1.16 bits per heavy atom. The van der Waals surface area contributed by atoms with Gasteiger partial charge >= 0.3 is 0 Å². The van der Waals surface area contributed by atoms with Gasteiger partial charge in [-0.05, 0) is 61.5 Å². The average Bonchev–Trinajstić information content (AvgIpc) is 3.12. The summed E-state index contributed by atoms with van der Waals surface area (Å²) in [6, 6.07) is 18.9. The van der Waals surface area contributed by atoms with Gasteiger partial charge in [-0.15, -0.1) is 0 Å². The zero-order valence-corrected chi connectivity index (χ0v) is 19.3. The summed E-state index contributed by atoms with van der Waals surface area (Å²) in [6.07, 6.45) is 3.82. The molecule has 2 aromatic carbocycles. The first kappa shape index (κ1) is 21.9. The van der Waals surface area contributed by atoms with Crippen molar-refractivity contribution in [3.63, 3.8) is 0 Å². The number of aryl methyl sites for hydroxylation is 2. The van der Waals surface area contributed by atoms with Gasteiger partial charge in [-0.2, -0.15) is 5.26 Å². The molecule has 0 fully saturated rings. The van der Waals surface area contributed by atoms with E-state index in [9.17, 15) is 10.1 Å². The van der Waals surface area contributed by atoms with Gasteiger partial charge in [0.05, 0.1) is 11.5 Å². The predicted molar refractivity (Wildman–Crippen MR) is 131 cm³/mol. The Kier molecular flexibility index (Phi) is 5.90. The maximum Gasteiger partial charge on any atom is 0.251 e. The summed E-state index contributed by atoms with van der Waals surface area (Å²) in [6.45, 7) is 5.42. The first-order chi connectivity index (χ1) is 15.3. The molecule has 0 amide bonds. The molecule has 0 bridgehead atoms. The fraction of sp³-hybridized carbons (Fsp3) is 0.333. The molecule has 4 rings (SSSR count). The summed E-state index contributed by atoms with van der Waals surface area (Å²) in [4.78, 5) is 17.5. The molecule has 1 atom stereocenters. The van der Waals surface area contributed by atoms with Crippen LogP contribution in [-0.2, 0) is 25.3 Å².